The third-order valence-electron chi connectivity index (χ3n) is 18.3. The van der Waals surface area contributed by atoms with Gasteiger partial charge in [-0.2, -0.15) is 0 Å². The molecular weight excluding hydrogens is 1250 g/mol. The van der Waals surface area contributed by atoms with Crippen LogP contribution in [0.1, 0.15) is 383 Å². The van der Waals surface area contributed by atoms with Crippen molar-refractivity contribution in [2.24, 2.45) is 23.7 Å². The highest BCUT2D eigenvalue weighted by Gasteiger charge is 2.30. The van der Waals surface area contributed by atoms with Crippen molar-refractivity contribution in [2.75, 3.05) is 39.6 Å². The maximum atomic E-state index is 13.1. The molecule has 3 N–H and O–H groups in total. The van der Waals surface area contributed by atoms with E-state index < -0.39 is 97.5 Å². The molecule has 0 aliphatic carbocycles. The van der Waals surface area contributed by atoms with Crippen molar-refractivity contribution in [3.05, 3.63) is 0 Å². The second-order valence-electron chi connectivity index (χ2n) is 28.8. The lowest BCUT2D eigenvalue weighted by Gasteiger charge is -2.21. The van der Waals surface area contributed by atoms with Crippen molar-refractivity contribution in [3.8, 4) is 0 Å². The lowest BCUT2D eigenvalue weighted by Crippen LogP contribution is -2.30. The molecule has 0 saturated heterocycles. The van der Waals surface area contributed by atoms with E-state index in [9.17, 15) is 43.2 Å². The molecule has 7 atom stereocenters. The first-order chi connectivity index (χ1) is 45.7. The number of phosphoric acid groups is 2. The first-order valence-corrected chi connectivity index (χ1v) is 42.3. The van der Waals surface area contributed by atoms with Gasteiger partial charge in [0.2, 0.25) is 0 Å². The van der Waals surface area contributed by atoms with Gasteiger partial charge in [-0.3, -0.25) is 37.3 Å². The van der Waals surface area contributed by atoms with Gasteiger partial charge >= 0.3 is 39.5 Å². The lowest BCUT2D eigenvalue weighted by molar-refractivity contribution is -0.161. The van der Waals surface area contributed by atoms with Gasteiger partial charge in [0.05, 0.1) is 26.4 Å². The summed E-state index contributed by atoms with van der Waals surface area (Å²) < 4.78 is 68.5. The predicted octanol–water partition coefficient (Wildman–Crippen LogP) is 22.0. The Morgan fingerprint density at radius 3 is 0.747 bits per heavy atom. The Hall–Kier alpha value is -1.94. The van der Waals surface area contributed by atoms with E-state index in [4.69, 9.17) is 37.0 Å². The van der Waals surface area contributed by atoms with E-state index in [-0.39, 0.29) is 25.7 Å². The number of carbonyl (C=O) groups excluding carboxylic acids is 4. The number of esters is 4. The van der Waals surface area contributed by atoms with Crippen LogP contribution in [0, 0.1) is 23.7 Å². The molecule has 0 saturated carbocycles. The molecule has 0 aromatic rings. The molecule has 17 nitrogen and oxygen atoms in total. The Morgan fingerprint density at radius 1 is 0.295 bits per heavy atom. The summed E-state index contributed by atoms with van der Waals surface area (Å²) >= 11 is 0. The van der Waals surface area contributed by atoms with E-state index in [1.807, 2.05) is 0 Å². The fourth-order valence-corrected chi connectivity index (χ4v) is 13.1. The average molecular weight is 1400 g/mol. The minimum atomic E-state index is -4.96. The molecular formula is C76H148O17P2. The van der Waals surface area contributed by atoms with Gasteiger partial charge in [-0.1, -0.05) is 331 Å². The molecule has 564 valence electrons. The van der Waals surface area contributed by atoms with Crippen LogP contribution >= 0.6 is 15.6 Å². The highest BCUT2D eigenvalue weighted by Crippen LogP contribution is 2.45. The van der Waals surface area contributed by atoms with Crippen LogP contribution < -0.4 is 0 Å². The number of carbonyl (C=O) groups is 4. The number of aliphatic hydroxyl groups is 1. The highest BCUT2D eigenvalue weighted by atomic mass is 31.2. The molecule has 0 amide bonds. The van der Waals surface area contributed by atoms with Crippen LogP contribution in [-0.2, 0) is 65.4 Å². The largest absolute Gasteiger partial charge is 0.472 e. The van der Waals surface area contributed by atoms with Crippen LogP contribution in [0.4, 0.5) is 0 Å². The second kappa shape index (κ2) is 65.4. The second-order valence-corrected chi connectivity index (χ2v) is 31.7. The number of aliphatic hydroxyl groups excluding tert-OH is 1. The number of rotatable bonds is 73. The Labute approximate surface area is 581 Å². The van der Waals surface area contributed by atoms with Crippen LogP contribution in [0.25, 0.3) is 0 Å². The van der Waals surface area contributed by atoms with Crippen molar-refractivity contribution in [3.63, 3.8) is 0 Å². The lowest BCUT2D eigenvalue weighted by atomic mass is 9.99. The summed E-state index contributed by atoms with van der Waals surface area (Å²) in [6.45, 7) is 14.2. The van der Waals surface area contributed by atoms with E-state index in [0.717, 1.165) is 114 Å². The zero-order chi connectivity index (χ0) is 70.3. The third-order valence-corrected chi connectivity index (χ3v) is 20.2. The van der Waals surface area contributed by atoms with Crippen molar-refractivity contribution < 1.29 is 80.2 Å². The average Bonchev–Trinajstić information content (AvgIpc) is 1.68. The topological polar surface area (TPSA) is 237 Å². The van der Waals surface area contributed by atoms with Crippen molar-refractivity contribution in [2.45, 2.75) is 401 Å². The maximum absolute atomic E-state index is 13.1. The molecule has 0 heterocycles. The van der Waals surface area contributed by atoms with Crippen LogP contribution in [0.15, 0.2) is 0 Å². The quantitative estimate of drug-likeness (QED) is 0.0222. The summed E-state index contributed by atoms with van der Waals surface area (Å²) in [7, 11) is -9.91. The standard InChI is InChI=1S/C76H148O17P2/c1-9-68(7)54-46-38-30-22-18-13-11-12-14-19-23-32-40-48-56-73(78)86-62-71(93-76(81)59-51-43-34-26-25-31-39-47-55-69(8)10-2)64-90-94(82,83)88-60-70(77)61-89-95(84,85)91-65-72(63-87-74(79)57-49-41-35-27-29-37-45-53-67(5)6)92-75(80)58-50-42-33-24-20-16-15-17-21-28-36-44-52-66(3)4/h66-72,77H,9-65H2,1-8H3,(H,82,83)(H,84,85)/t68?,69?,70?,71-,72-/m1/s1. The first kappa shape index (κ1) is 93.1. The van der Waals surface area contributed by atoms with E-state index in [2.05, 4.69) is 55.4 Å². The predicted molar refractivity (Wildman–Crippen MR) is 386 cm³/mol. The summed E-state index contributed by atoms with van der Waals surface area (Å²) in [6, 6.07) is 0. The molecule has 5 unspecified atom stereocenters. The van der Waals surface area contributed by atoms with E-state index in [1.165, 1.54) is 180 Å². The van der Waals surface area contributed by atoms with Gasteiger partial charge < -0.3 is 33.8 Å². The van der Waals surface area contributed by atoms with Gasteiger partial charge in [-0.15, -0.1) is 0 Å². The molecule has 0 aliphatic rings. The Kier molecular flexibility index (Phi) is 64.0. The molecule has 0 rings (SSSR count). The number of hydrogen-bond donors (Lipinski definition) is 3. The van der Waals surface area contributed by atoms with Crippen LogP contribution in [-0.4, -0.2) is 96.7 Å². The van der Waals surface area contributed by atoms with Gasteiger partial charge in [0.15, 0.2) is 12.2 Å². The smallest absolute Gasteiger partial charge is 0.462 e. The fraction of sp³-hybridized carbons (Fsp3) is 0.947. The third kappa shape index (κ3) is 67.6. The maximum Gasteiger partial charge on any atom is 0.472 e. The van der Waals surface area contributed by atoms with Crippen LogP contribution in [0.5, 0.6) is 0 Å². The van der Waals surface area contributed by atoms with Gasteiger partial charge in [-0.05, 0) is 49.4 Å². The van der Waals surface area contributed by atoms with E-state index in [1.54, 1.807) is 0 Å². The highest BCUT2D eigenvalue weighted by molar-refractivity contribution is 7.47. The summed E-state index contributed by atoms with van der Waals surface area (Å²) in [5.74, 6) is 0.978. The number of ether oxygens (including phenoxy) is 4. The molecule has 0 radical (unpaired) electrons. The molecule has 0 aromatic heterocycles. The molecule has 0 aliphatic heterocycles. The van der Waals surface area contributed by atoms with Crippen LogP contribution in [0.3, 0.4) is 0 Å². The summed E-state index contributed by atoms with van der Waals surface area (Å²) in [6.07, 6.45) is 49.9. The summed E-state index contributed by atoms with van der Waals surface area (Å²) in [4.78, 5) is 72.8. The van der Waals surface area contributed by atoms with Gasteiger partial charge in [0, 0.05) is 25.7 Å². The van der Waals surface area contributed by atoms with Crippen LogP contribution in [0.2, 0.25) is 0 Å². The molecule has 0 aromatic carbocycles. The molecule has 0 bridgehead atoms. The minimum Gasteiger partial charge on any atom is -0.462 e. The Bertz CT molecular complexity index is 1870. The Balaban J connectivity index is 5.23. The normalized spacial score (nSPS) is 14.7. The van der Waals surface area contributed by atoms with E-state index in [0.29, 0.717) is 31.6 Å². The number of phosphoric ester groups is 2. The zero-order valence-corrected chi connectivity index (χ0v) is 64.1. The van der Waals surface area contributed by atoms with E-state index >= 15 is 0 Å². The molecule has 0 spiro atoms. The fourth-order valence-electron chi connectivity index (χ4n) is 11.5. The zero-order valence-electron chi connectivity index (χ0n) is 62.3. The number of hydrogen-bond acceptors (Lipinski definition) is 15. The van der Waals surface area contributed by atoms with Crippen molar-refractivity contribution in [1.29, 1.82) is 0 Å². The first-order valence-electron chi connectivity index (χ1n) is 39.3. The summed E-state index contributed by atoms with van der Waals surface area (Å²) in [5.41, 5.74) is 0. The van der Waals surface area contributed by atoms with Crippen molar-refractivity contribution in [1.82, 2.24) is 0 Å². The van der Waals surface area contributed by atoms with Gasteiger partial charge in [-0.25, -0.2) is 9.13 Å². The number of unbranched alkanes of at least 4 members (excludes halogenated alkanes) is 37. The molecule has 0 fully saturated rings. The van der Waals surface area contributed by atoms with Gasteiger partial charge in [0.1, 0.15) is 19.3 Å². The molecule has 19 heteroatoms. The summed E-state index contributed by atoms with van der Waals surface area (Å²) in [5, 5.41) is 10.6. The van der Waals surface area contributed by atoms with Gasteiger partial charge in [0.25, 0.3) is 0 Å². The minimum absolute atomic E-state index is 0.105. The van der Waals surface area contributed by atoms with Crippen molar-refractivity contribution >= 4 is 39.5 Å². The Morgan fingerprint density at radius 2 is 0.505 bits per heavy atom. The molecule has 95 heavy (non-hydrogen) atoms. The monoisotopic (exact) mass is 1400 g/mol. The SMILES string of the molecule is CCC(C)CCCCCCCCCCCCCCCCC(=O)OC[C@H](COP(=O)(O)OCC(O)COP(=O)(O)OC[C@@H](COC(=O)CCCCCCCCCC(C)C)OC(=O)CCCCCCCCCCCCCCC(C)C)OC(=O)CCCCCCCCCCC(C)CC.